The Morgan fingerprint density at radius 2 is 1.92 bits per heavy atom. The summed E-state index contributed by atoms with van der Waals surface area (Å²) in [4.78, 5) is 0. The Bertz CT molecular complexity index is 256. The Balaban J connectivity index is 2.66. The maximum Gasteiger partial charge on any atom is 0.123 e. The van der Waals surface area contributed by atoms with Gasteiger partial charge in [-0.3, -0.25) is 0 Å². The molecule has 13 heavy (non-hydrogen) atoms. The average molecular weight is 180 g/mol. The molecule has 0 saturated heterocycles. The van der Waals surface area contributed by atoms with Crippen molar-refractivity contribution in [3.63, 3.8) is 0 Å². The van der Waals surface area contributed by atoms with E-state index in [1.807, 2.05) is 6.92 Å². The summed E-state index contributed by atoms with van der Waals surface area (Å²) in [6.07, 6.45) is 2.11. The molecule has 0 radical (unpaired) electrons. The molecule has 1 rings (SSSR count). The molecule has 72 valence electrons. The first kappa shape index (κ1) is 10.2. The second-order valence-corrected chi connectivity index (χ2v) is 4.07. The number of hydrogen-bond donors (Lipinski definition) is 0. The summed E-state index contributed by atoms with van der Waals surface area (Å²) < 4.78 is 13.0. The van der Waals surface area contributed by atoms with Gasteiger partial charge in [0.15, 0.2) is 0 Å². The number of hydrogen-bond acceptors (Lipinski definition) is 0. The summed E-state index contributed by atoms with van der Waals surface area (Å²) in [5.41, 5.74) is 2.13. The van der Waals surface area contributed by atoms with Crippen molar-refractivity contribution >= 4 is 0 Å². The summed E-state index contributed by atoms with van der Waals surface area (Å²) in [6.45, 7) is 6.31. The highest BCUT2D eigenvalue weighted by molar-refractivity contribution is 5.23. The molecule has 0 heterocycles. The molecule has 1 aromatic carbocycles. The molecule has 0 aliphatic heterocycles. The highest BCUT2D eigenvalue weighted by atomic mass is 19.1. The van der Waals surface area contributed by atoms with Crippen LogP contribution in [0.5, 0.6) is 0 Å². The number of halogens is 1. The smallest absolute Gasteiger partial charge is 0.123 e. The van der Waals surface area contributed by atoms with Crippen LogP contribution in [0.15, 0.2) is 18.2 Å². The van der Waals surface area contributed by atoms with Crippen LogP contribution in [0, 0.1) is 18.7 Å². The molecule has 0 aliphatic carbocycles. The molecule has 0 nitrogen and oxygen atoms in total. The third-order valence-electron chi connectivity index (χ3n) is 2.11. The Hall–Kier alpha value is -0.850. The topological polar surface area (TPSA) is 0 Å². The minimum Gasteiger partial charge on any atom is -0.207 e. The van der Waals surface area contributed by atoms with Gasteiger partial charge in [-0.1, -0.05) is 19.9 Å². The number of benzene rings is 1. The fraction of sp³-hybridized carbons (Fsp3) is 0.500. The molecule has 0 fully saturated rings. The maximum atomic E-state index is 13.0. The Kier molecular flexibility index (Phi) is 3.47. The van der Waals surface area contributed by atoms with Crippen molar-refractivity contribution in [2.45, 2.75) is 33.6 Å². The van der Waals surface area contributed by atoms with E-state index in [4.69, 9.17) is 0 Å². The second-order valence-electron chi connectivity index (χ2n) is 4.07. The molecule has 0 saturated carbocycles. The van der Waals surface area contributed by atoms with Crippen LogP contribution in [0.1, 0.15) is 31.4 Å². The van der Waals surface area contributed by atoms with Crippen LogP contribution in [0.2, 0.25) is 0 Å². The molecule has 0 aromatic heterocycles. The number of aryl methyl sites for hydroxylation is 2. The molecule has 1 heteroatoms. The lowest BCUT2D eigenvalue weighted by Gasteiger charge is -2.05. The first-order valence-corrected chi connectivity index (χ1v) is 4.84. The van der Waals surface area contributed by atoms with E-state index < -0.39 is 0 Å². The van der Waals surface area contributed by atoms with Gasteiger partial charge in [0.2, 0.25) is 0 Å². The molecule has 1 aromatic rings. The predicted octanol–water partition coefficient (Wildman–Crippen LogP) is 3.72. The fourth-order valence-corrected chi connectivity index (χ4v) is 1.41. The van der Waals surface area contributed by atoms with E-state index in [0.29, 0.717) is 5.92 Å². The molecule has 0 bridgehead atoms. The van der Waals surface area contributed by atoms with Crippen molar-refractivity contribution in [1.82, 2.24) is 0 Å². The summed E-state index contributed by atoms with van der Waals surface area (Å²) >= 11 is 0. The molecule has 0 atom stereocenters. The van der Waals surface area contributed by atoms with Crippen molar-refractivity contribution < 1.29 is 4.39 Å². The zero-order chi connectivity index (χ0) is 9.84. The summed E-state index contributed by atoms with van der Waals surface area (Å²) in [6, 6.07) is 5.26. The minimum atomic E-state index is -0.112. The third kappa shape index (κ3) is 3.58. The molecular weight excluding hydrogens is 163 g/mol. The first-order chi connectivity index (χ1) is 6.08. The summed E-state index contributed by atoms with van der Waals surface area (Å²) in [7, 11) is 0. The van der Waals surface area contributed by atoms with Crippen LogP contribution in [0.25, 0.3) is 0 Å². The standard InChI is InChI=1S/C12H17F/c1-9(2)4-5-11-6-10(3)7-12(13)8-11/h6-9H,4-5H2,1-3H3. The Morgan fingerprint density at radius 3 is 2.46 bits per heavy atom. The minimum absolute atomic E-state index is 0.112. The molecule has 0 unspecified atom stereocenters. The van der Waals surface area contributed by atoms with E-state index >= 15 is 0 Å². The van der Waals surface area contributed by atoms with Gasteiger partial charge in [0.05, 0.1) is 0 Å². The van der Waals surface area contributed by atoms with E-state index in [1.165, 1.54) is 0 Å². The average Bonchev–Trinajstić information content (AvgIpc) is 1.99. The fourth-order valence-electron chi connectivity index (χ4n) is 1.41. The molecule has 0 amide bonds. The predicted molar refractivity (Wildman–Crippen MR) is 54.3 cm³/mol. The molecule has 0 spiro atoms. The summed E-state index contributed by atoms with van der Waals surface area (Å²) in [5.74, 6) is 0.572. The van der Waals surface area contributed by atoms with Crippen molar-refractivity contribution in [3.05, 3.63) is 35.1 Å². The van der Waals surface area contributed by atoms with Crippen LogP contribution in [0.4, 0.5) is 4.39 Å². The quantitative estimate of drug-likeness (QED) is 0.665. The molecular formula is C12H17F. The highest BCUT2D eigenvalue weighted by Gasteiger charge is 1.99. The zero-order valence-corrected chi connectivity index (χ0v) is 8.60. The van der Waals surface area contributed by atoms with Gasteiger partial charge in [-0.2, -0.15) is 0 Å². The Morgan fingerprint density at radius 1 is 1.23 bits per heavy atom. The number of rotatable bonds is 3. The third-order valence-corrected chi connectivity index (χ3v) is 2.11. The maximum absolute atomic E-state index is 13.0. The van der Waals surface area contributed by atoms with E-state index in [9.17, 15) is 4.39 Å². The lowest BCUT2D eigenvalue weighted by molar-refractivity contribution is 0.581. The monoisotopic (exact) mass is 180 g/mol. The van der Waals surface area contributed by atoms with Crippen LogP contribution in [-0.2, 0) is 6.42 Å². The lowest BCUT2D eigenvalue weighted by Crippen LogP contribution is -1.93. The van der Waals surface area contributed by atoms with Gasteiger partial charge in [-0.25, -0.2) is 4.39 Å². The molecule has 0 N–H and O–H groups in total. The van der Waals surface area contributed by atoms with Crippen LogP contribution < -0.4 is 0 Å². The van der Waals surface area contributed by atoms with E-state index in [-0.39, 0.29) is 5.82 Å². The van der Waals surface area contributed by atoms with Crippen molar-refractivity contribution in [3.8, 4) is 0 Å². The van der Waals surface area contributed by atoms with Gasteiger partial charge < -0.3 is 0 Å². The van der Waals surface area contributed by atoms with E-state index in [2.05, 4.69) is 19.9 Å². The van der Waals surface area contributed by atoms with Crippen LogP contribution >= 0.6 is 0 Å². The van der Waals surface area contributed by atoms with Crippen molar-refractivity contribution in [2.24, 2.45) is 5.92 Å². The van der Waals surface area contributed by atoms with E-state index in [1.54, 1.807) is 12.1 Å². The normalized spacial score (nSPS) is 10.8. The van der Waals surface area contributed by atoms with Crippen LogP contribution in [0.3, 0.4) is 0 Å². The molecule has 0 aliphatic rings. The highest BCUT2D eigenvalue weighted by Crippen LogP contribution is 2.12. The van der Waals surface area contributed by atoms with E-state index in [0.717, 1.165) is 24.0 Å². The zero-order valence-electron chi connectivity index (χ0n) is 8.60. The van der Waals surface area contributed by atoms with Gasteiger partial charge in [-0.05, 0) is 48.9 Å². The summed E-state index contributed by atoms with van der Waals surface area (Å²) in [5, 5.41) is 0. The van der Waals surface area contributed by atoms with Crippen LogP contribution in [-0.4, -0.2) is 0 Å². The van der Waals surface area contributed by atoms with Gasteiger partial charge in [0.1, 0.15) is 5.82 Å². The first-order valence-electron chi connectivity index (χ1n) is 4.84. The SMILES string of the molecule is Cc1cc(F)cc(CCC(C)C)c1. The van der Waals surface area contributed by atoms with Gasteiger partial charge in [0.25, 0.3) is 0 Å². The largest absolute Gasteiger partial charge is 0.207 e. The van der Waals surface area contributed by atoms with Crippen molar-refractivity contribution in [2.75, 3.05) is 0 Å². The van der Waals surface area contributed by atoms with Gasteiger partial charge >= 0.3 is 0 Å². The van der Waals surface area contributed by atoms with Crippen molar-refractivity contribution in [1.29, 1.82) is 0 Å². The Labute approximate surface area is 79.8 Å². The lowest BCUT2D eigenvalue weighted by atomic mass is 10.0. The van der Waals surface area contributed by atoms with Gasteiger partial charge in [0, 0.05) is 0 Å². The second kappa shape index (κ2) is 4.40. The van der Waals surface area contributed by atoms with Gasteiger partial charge in [-0.15, -0.1) is 0 Å².